The molecule has 0 radical (unpaired) electrons. The van der Waals surface area contributed by atoms with Crippen LogP contribution in [0, 0.1) is 17.0 Å². The van der Waals surface area contributed by atoms with Crippen LogP contribution in [0.4, 0.5) is 10.7 Å². The summed E-state index contributed by atoms with van der Waals surface area (Å²) in [5, 5.41) is 16.0. The lowest BCUT2D eigenvalue weighted by Gasteiger charge is -2.09. The number of nitrogens with one attached hydrogen (secondary N) is 1. The summed E-state index contributed by atoms with van der Waals surface area (Å²) in [7, 11) is 0. The van der Waals surface area contributed by atoms with Crippen molar-refractivity contribution in [1.82, 2.24) is 0 Å². The molecule has 2 aromatic rings. The summed E-state index contributed by atoms with van der Waals surface area (Å²) in [4.78, 5) is 35.3. The van der Waals surface area contributed by atoms with E-state index in [1.807, 2.05) is 5.38 Å². The predicted molar refractivity (Wildman–Crippen MR) is 98.0 cm³/mol. The number of nitro benzene ring substituents is 1. The van der Waals surface area contributed by atoms with Crippen molar-refractivity contribution in [3.8, 4) is 0 Å². The third kappa shape index (κ3) is 3.60. The Hall–Kier alpha value is -2.74. The first-order valence-corrected chi connectivity index (χ1v) is 9.15. The number of ether oxygens (including phenoxy) is 1. The molecule has 0 bridgehead atoms. The highest BCUT2D eigenvalue weighted by atomic mass is 32.1. The van der Waals surface area contributed by atoms with E-state index >= 15 is 0 Å². The zero-order valence-electron chi connectivity index (χ0n) is 14.4. The molecule has 1 aromatic carbocycles. The molecule has 0 saturated heterocycles. The van der Waals surface area contributed by atoms with Gasteiger partial charge in [0.15, 0.2) is 0 Å². The number of esters is 1. The van der Waals surface area contributed by atoms with Crippen molar-refractivity contribution in [3.05, 3.63) is 55.9 Å². The topological polar surface area (TPSA) is 98.5 Å². The molecule has 26 heavy (non-hydrogen) atoms. The minimum Gasteiger partial charge on any atom is -0.462 e. The van der Waals surface area contributed by atoms with Crippen LogP contribution >= 0.6 is 11.3 Å². The number of aryl methyl sites for hydroxylation is 1. The molecule has 1 fully saturated rings. The second-order valence-electron chi connectivity index (χ2n) is 6.10. The van der Waals surface area contributed by atoms with Gasteiger partial charge in [0.25, 0.3) is 11.6 Å². The molecule has 1 heterocycles. The minimum atomic E-state index is -0.489. The first-order chi connectivity index (χ1) is 12.4. The Bertz CT molecular complexity index is 886. The van der Waals surface area contributed by atoms with Crippen molar-refractivity contribution in [1.29, 1.82) is 0 Å². The number of rotatable bonds is 6. The molecule has 8 heteroatoms. The number of thiophene rings is 1. The third-order valence-corrected chi connectivity index (χ3v) is 5.11. The van der Waals surface area contributed by atoms with Gasteiger partial charge < -0.3 is 10.1 Å². The molecule has 1 N–H and O–H groups in total. The lowest BCUT2D eigenvalue weighted by Crippen LogP contribution is -2.15. The number of amides is 1. The largest absolute Gasteiger partial charge is 0.462 e. The first kappa shape index (κ1) is 18.1. The molecule has 136 valence electrons. The Balaban J connectivity index is 1.86. The van der Waals surface area contributed by atoms with Crippen LogP contribution in [0.1, 0.15) is 57.5 Å². The maximum absolute atomic E-state index is 12.5. The van der Waals surface area contributed by atoms with E-state index in [4.69, 9.17) is 4.74 Å². The zero-order chi connectivity index (χ0) is 18.8. The highest BCUT2D eigenvalue weighted by Crippen LogP contribution is 2.46. The lowest BCUT2D eigenvalue weighted by atomic mass is 10.1. The van der Waals surface area contributed by atoms with Gasteiger partial charge in [0.2, 0.25) is 0 Å². The van der Waals surface area contributed by atoms with Crippen LogP contribution in [-0.2, 0) is 4.74 Å². The summed E-state index contributed by atoms with van der Waals surface area (Å²) in [5.41, 5.74) is 2.00. The van der Waals surface area contributed by atoms with E-state index in [1.54, 1.807) is 13.8 Å². The summed E-state index contributed by atoms with van der Waals surface area (Å²) in [6, 6.07) is 4.17. The van der Waals surface area contributed by atoms with Crippen LogP contribution in [0.5, 0.6) is 0 Å². The summed E-state index contributed by atoms with van der Waals surface area (Å²) in [6.07, 6.45) is 2.05. The molecular formula is C18H18N2O5S. The summed E-state index contributed by atoms with van der Waals surface area (Å²) >= 11 is 1.29. The average Bonchev–Trinajstić information content (AvgIpc) is 3.35. The maximum Gasteiger partial charge on any atom is 0.341 e. The second kappa shape index (κ2) is 7.25. The Kier molecular flexibility index (Phi) is 5.03. The number of anilines is 1. The Morgan fingerprint density at radius 3 is 2.69 bits per heavy atom. The van der Waals surface area contributed by atoms with Crippen molar-refractivity contribution < 1.29 is 19.2 Å². The smallest absolute Gasteiger partial charge is 0.341 e. The normalized spacial score (nSPS) is 13.3. The Morgan fingerprint density at radius 1 is 1.38 bits per heavy atom. The fourth-order valence-corrected chi connectivity index (χ4v) is 3.77. The summed E-state index contributed by atoms with van der Waals surface area (Å²) < 4.78 is 5.14. The van der Waals surface area contributed by atoms with Crippen LogP contribution in [0.2, 0.25) is 0 Å². The van der Waals surface area contributed by atoms with E-state index in [1.165, 1.54) is 29.5 Å². The monoisotopic (exact) mass is 374 g/mol. The number of benzene rings is 1. The molecule has 1 aromatic heterocycles. The van der Waals surface area contributed by atoms with Crippen molar-refractivity contribution >= 4 is 33.9 Å². The number of hydrogen-bond acceptors (Lipinski definition) is 6. The SMILES string of the molecule is CCOC(=O)c1c(C2CC2)csc1NC(=O)c1ccc([N+](=O)[O-])c(C)c1. The van der Waals surface area contributed by atoms with Crippen molar-refractivity contribution in [2.24, 2.45) is 0 Å². The van der Waals surface area contributed by atoms with Gasteiger partial charge in [0.05, 0.1) is 17.1 Å². The van der Waals surface area contributed by atoms with Crippen LogP contribution in [0.25, 0.3) is 0 Å². The van der Waals surface area contributed by atoms with E-state index in [2.05, 4.69) is 5.32 Å². The van der Waals surface area contributed by atoms with E-state index in [-0.39, 0.29) is 12.3 Å². The number of hydrogen-bond donors (Lipinski definition) is 1. The molecule has 0 spiro atoms. The van der Waals surface area contributed by atoms with E-state index in [0.29, 0.717) is 27.6 Å². The highest BCUT2D eigenvalue weighted by molar-refractivity contribution is 7.15. The van der Waals surface area contributed by atoms with Gasteiger partial charge in [-0.3, -0.25) is 14.9 Å². The van der Waals surface area contributed by atoms with Gasteiger partial charge in [0, 0.05) is 17.2 Å². The zero-order valence-corrected chi connectivity index (χ0v) is 15.2. The lowest BCUT2D eigenvalue weighted by molar-refractivity contribution is -0.385. The van der Waals surface area contributed by atoms with Crippen molar-refractivity contribution in [3.63, 3.8) is 0 Å². The highest BCUT2D eigenvalue weighted by Gasteiger charge is 2.32. The standard InChI is InChI=1S/C18H18N2O5S/c1-3-25-18(22)15-13(11-4-5-11)9-26-17(15)19-16(21)12-6-7-14(20(23)24)10(2)8-12/h6-9,11H,3-5H2,1-2H3,(H,19,21). The van der Waals surface area contributed by atoms with Crippen LogP contribution in [-0.4, -0.2) is 23.4 Å². The number of carbonyl (C=O) groups excluding carboxylic acids is 2. The minimum absolute atomic E-state index is 0.0408. The summed E-state index contributed by atoms with van der Waals surface area (Å²) in [6.45, 7) is 3.57. The Labute approximate surface area is 154 Å². The molecular weight excluding hydrogens is 356 g/mol. The predicted octanol–water partition coefficient (Wildman–Crippen LogP) is 4.27. The molecule has 1 amide bonds. The van der Waals surface area contributed by atoms with Crippen LogP contribution < -0.4 is 5.32 Å². The van der Waals surface area contributed by atoms with Crippen LogP contribution in [0.3, 0.4) is 0 Å². The van der Waals surface area contributed by atoms with Gasteiger partial charge in [-0.15, -0.1) is 11.3 Å². The summed E-state index contributed by atoms with van der Waals surface area (Å²) in [5.74, 6) is -0.512. The van der Waals surface area contributed by atoms with Gasteiger partial charge in [0.1, 0.15) is 5.00 Å². The molecule has 1 aliphatic carbocycles. The van der Waals surface area contributed by atoms with Crippen molar-refractivity contribution in [2.75, 3.05) is 11.9 Å². The molecule has 0 atom stereocenters. The molecule has 1 saturated carbocycles. The van der Waals surface area contributed by atoms with E-state index in [9.17, 15) is 19.7 Å². The third-order valence-electron chi connectivity index (χ3n) is 4.20. The van der Waals surface area contributed by atoms with Gasteiger partial charge in [-0.1, -0.05) is 0 Å². The van der Waals surface area contributed by atoms with Crippen LogP contribution in [0.15, 0.2) is 23.6 Å². The van der Waals surface area contributed by atoms with E-state index < -0.39 is 16.8 Å². The second-order valence-corrected chi connectivity index (χ2v) is 6.98. The van der Waals surface area contributed by atoms with Gasteiger partial charge in [-0.25, -0.2) is 4.79 Å². The molecule has 0 aliphatic heterocycles. The quantitative estimate of drug-likeness (QED) is 0.462. The molecule has 3 rings (SSSR count). The number of nitro groups is 1. The fraction of sp³-hybridized carbons (Fsp3) is 0.333. The molecule has 1 aliphatic rings. The van der Waals surface area contributed by atoms with Crippen molar-refractivity contribution in [2.45, 2.75) is 32.6 Å². The maximum atomic E-state index is 12.5. The average molecular weight is 374 g/mol. The van der Waals surface area contributed by atoms with E-state index in [0.717, 1.165) is 18.4 Å². The number of nitrogens with zero attached hydrogens (tertiary/aromatic N) is 1. The number of carbonyl (C=O) groups is 2. The van der Waals surface area contributed by atoms with Gasteiger partial charge in [-0.05, 0) is 55.7 Å². The van der Waals surface area contributed by atoms with Gasteiger partial charge in [-0.2, -0.15) is 0 Å². The Morgan fingerprint density at radius 2 is 2.12 bits per heavy atom. The van der Waals surface area contributed by atoms with Gasteiger partial charge >= 0.3 is 5.97 Å². The molecule has 7 nitrogen and oxygen atoms in total. The first-order valence-electron chi connectivity index (χ1n) is 8.27. The molecule has 0 unspecified atom stereocenters. The fourth-order valence-electron chi connectivity index (χ4n) is 2.75.